The SMILES string of the molecule is CC(C)NS(=O)(=O)c1ccc(Br)c(C(=O)OCC(=O)c2ccc(Cl)cc2)c1. The molecule has 0 spiro atoms. The Labute approximate surface area is 171 Å². The van der Waals surface area contributed by atoms with Gasteiger partial charge in [-0.15, -0.1) is 0 Å². The smallest absolute Gasteiger partial charge is 0.339 e. The predicted molar refractivity (Wildman–Crippen MR) is 106 cm³/mol. The normalized spacial score (nSPS) is 11.4. The molecule has 0 atom stereocenters. The Hall–Kier alpha value is -1.74. The minimum atomic E-state index is -3.77. The highest BCUT2D eigenvalue weighted by Gasteiger charge is 2.21. The van der Waals surface area contributed by atoms with Crippen molar-refractivity contribution in [3.8, 4) is 0 Å². The quantitative estimate of drug-likeness (QED) is 0.486. The van der Waals surface area contributed by atoms with Crippen molar-refractivity contribution in [2.24, 2.45) is 0 Å². The number of hydrogen-bond donors (Lipinski definition) is 1. The van der Waals surface area contributed by atoms with Gasteiger partial charge >= 0.3 is 5.97 Å². The molecule has 9 heteroatoms. The van der Waals surface area contributed by atoms with Crippen LogP contribution >= 0.6 is 27.5 Å². The summed E-state index contributed by atoms with van der Waals surface area (Å²) in [5, 5.41) is 0.487. The summed E-state index contributed by atoms with van der Waals surface area (Å²) in [5.41, 5.74) is 0.356. The van der Waals surface area contributed by atoms with Crippen LogP contribution in [0.25, 0.3) is 0 Å². The van der Waals surface area contributed by atoms with Gasteiger partial charge in [-0.25, -0.2) is 17.9 Å². The first kappa shape index (κ1) is 21.6. The van der Waals surface area contributed by atoms with E-state index in [-0.39, 0.29) is 16.5 Å². The third kappa shape index (κ3) is 5.87. The number of benzene rings is 2. The van der Waals surface area contributed by atoms with Gasteiger partial charge in [-0.3, -0.25) is 4.79 Å². The summed E-state index contributed by atoms with van der Waals surface area (Å²) in [6.07, 6.45) is 0. The highest BCUT2D eigenvalue weighted by atomic mass is 79.9. The maximum atomic E-state index is 12.3. The van der Waals surface area contributed by atoms with Gasteiger partial charge in [-0.05, 0) is 72.2 Å². The highest BCUT2D eigenvalue weighted by Crippen LogP contribution is 2.22. The van der Waals surface area contributed by atoms with Gasteiger partial charge in [0.15, 0.2) is 12.4 Å². The van der Waals surface area contributed by atoms with Crippen molar-refractivity contribution in [1.82, 2.24) is 4.72 Å². The van der Waals surface area contributed by atoms with Gasteiger partial charge in [0, 0.05) is 21.1 Å². The second-order valence-corrected chi connectivity index (χ2v) is 8.93. The van der Waals surface area contributed by atoms with Crippen molar-refractivity contribution in [3.05, 3.63) is 63.1 Å². The van der Waals surface area contributed by atoms with Crippen LogP contribution in [-0.2, 0) is 14.8 Å². The van der Waals surface area contributed by atoms with Gasteiger partial charge in [0.1, 0.15) is 0 Å². The number of rotatable bonds is 7. The summed E-state index contributed by atoms with van der Waals surface area (Å²) in [7, 11) is -3.77. The number of Topliss-reactive ketones (excluding diaryl/α,β-unsaturated/α-hetero) is 1. The molecule has 0 bridgehead atoms. The van der Waals surface area contributed by atoms with E-state index in [9.17, 15) is 18.0 Å². The van der Waals surface area contributed by atoms with Crippen molar-refractivity contribution in [1.29, 1.82) is 0 Å². The molecule has 2 aromatic carbocycles. The van der Waals surface area contributed by atoms with Gasteiger partial charge in [-0.2, -0.15) is 0 Å². The van der Waals surface area contributed by atoms with Gasteiger partial charge < -0.3 is 4.74 Å². The van der Waals surface area contributed by atoms with E-state index in [0.29, 0.717) is 15.1 Å². The standard InChI is InChI=1S/C18H17BrClNO5S/c1-11(2)21-27(24,25)14-7-8-16(19)15(9-14)18(23)26-10-17(22)12-3-5-13(20)6-4-12/h3-9,11,21H,10H2,1-2H3. The number of sulfonamides is 1. The van der Waals surface area contributed by atoms with E-state index in [4.69, 9.17) is 16.3 Å². The molecule has 144 valence electrons. The lowest BCUT2D eigenvalue weighted by Gasteiger charge is -2.11. The molecule has 0 heterocycles. The molecule has 0 amide bonds. The van der Waals surface area contributed by atoms with Crippen LogP contribution in [0.2, 0.25) is 5.02 Å². The van der Waals surface area contributed by atoms with Crippen LogP contribution in [0.3, 0.4) is 0 Å². The number of carbonyl (C=O) groups excluding carboxylic acids is 2. The number of nitrogens with one attached hydrogen (secondary N) is 1. The number of carbonyl (C=O) groups is 2. The molecule has 2 rings (SSSR count). The minimum Gasteiger partial charge on any atom is -0.454 e. The molecule has 0 unspecified atom stereocenters. The number of halogens is 2. The molecular formula is C18H17BrClNO5S. The highest BCUT2D eigenvalue weighted by molar-refractivity contribution is 9.10. The fourth-order valence-electron chi connectivity index (χ4n) is 2.13. The van der Waals surface area contributed by atoms with E-state index in [1.165, 1.54) is 30.3 Å². The maximum absolute atomic E-state index is 12.3. The second-order valence-electron chi connectivity index (χ2n) is 5.92. The van der Waals surface area contributed by atoms with Crippen molar-refractivity contribution in [2.75, 3.05) is 6.61 Å². The zero-order valence-electron chi connectivity index (χ0n) is 14.5. The summed E-state index contributed by atoms with van der Waals surface area (Å²) < 4.78 is 32.4. The Balaban J connectivity index is 2.15. The summed E-state index contributed by atoms with van der Waals surface area (Å²) in [6, 6.07) is 9.87. The van der Waals surface area contributed by atoms with Crippen molar-refractivity contribution < 1.29 is 22.7 Å². The molecule has 0 saturated carbocycles. The average Bonchev–Trinajstić information content (AvgIpc) is 2.59. The molecule has 0 fully saturated rings. The van der Waals surface area contributed by atoms with Crippen LogP contribution in [-0.4, -0.2) is 32.8 Å². The fourth-order valence-corrected chi connectivity index (χ4v) is 3.95. The molecule has 0 radical (unpaired) electrons. The van der Waals surface area contributed by atoms with Gasteiger partial charge in [0.05, 0.1) is 10.5 Å². The van der Waals surface area contributed by atoms with Gasteiger partial charge in [0.2, 0.25) is 10.0 Å². The molecule has 0 aliphatic rings. The average molecular weight is 475 g/mol. The molecule has 0 saturated heterocycles. The van der Waals surface area contributed by atoms with E-state index in [1.54, 1.807) is 26.0 Å². The Morgan fingerprint density at radius 3 is 2.37 bits per heavy atom. The van der Waals surface area contributed by atoms with E-state index in [0.717, 1.165) is 0 Å². The summed E-state index contributed by atoms with van der Waals surface area (Å²) in [5.74, 6) is -1.22. The lowest BCUT2D eigenvalue weighted by atomic mass is 10.1. The third-order valence-electron chi connectivity index (χ3n) is 3.36. The maximum Gasteiger partial charge on any atom is 0.339 e. The van der Waals surface area contributed by atoms with Crippen molar-refractivity contribution in [3.63, 3.8) is 0 Å². The van der Waals surface area contributed by atoms with Crippen LogP contribution in [0.15, 0.2) is 51.8 Å². The topological polar surface area (TPSA) is 89.5 Å². The Kier molecular flexibility index (Phi) is 7.16. The van der Waals surface area contributed by atoms with E-state index in [2.05, 4.69) is 20.7 Å². The van der Waals surface area contributed by atoms with Crippen LogP contribution < -0.4 is 4.72 Å². The van der Waals surface area contributed by atoms with Crippen molar-refractivity contribution in [2.45, 2.75) is 24.8 Å². The lowest BCUT2D eigenvalue weighted by Crippen LogP contribution is -2.30. The summed E-state index contributed by atoms with van der Waals surface area (Å²) >= 11 is 8.96. The van der Waals surface area contributed by atoms with Crippen LogP contribution in [0.5, 0.6) is 0 Å². The first-order chi connectivity index (χ1) is 12.6. The zero-order valence-corrected chi connectivity index (χ0v) is 17.7. The summed E-state index contributed by atoms with van der Waals surface area (Å²) in [4.78, 5) is 24.3. The van der Waals surface area contributed by atoms with Crippen LogP contribution in [0, 0.1) is 0 Å². The molecule has 27 heavy (non-hydrogen) atoms. The van der Waals surface area contributed by atoms with E-state index in [1.807, 2.05) is 0 Å². The Morgan fingerprint density at radius 2 is 1.78 bits per heavy atom. The zero-order chi connectivity index (χ0) is 20.2. The number of esters is 1. The van der Waals surface area contributed by atoms with Crippen molar-refractivity contribution >= 4 is 49.3 Å². The lowest BCUT2D eigenvalue weighted by molar-refractivity contribution is 0.0473. The Bertz CT molecular complexity index is 958. The minimum absolute atomic E-state index is 0.00513. The van der Waals surface area contributed by atoms with E-state index < -0.39 is 28.4 Å². The largest absolute Gasteiger partial charge is 0.454 e. The first-order valence-electron chi connectivity index (χ1n) is 7.88. The van der Waals surface area contributed by atoms with Crippen LogP contribution in [0.1, 0.15) is 34.6 Å². The first-order valence-corrected chi connectivity index (χ1v) is 10.5. The monoisotopic (exact) mass is 473 g/mol. The molecule has 1 N–H and O–H groups in total. The summed E-state index contributed by atoms with van der Waals surface area (Å²) in [6.45, 7) is 2.90. The molecule has 2 aromatic rings. The van der Waals surface area contributed by atoms with Crippen LogP contribution in [0.4, 0.5) is 0 Å². The third-order valence-corrected chi connectivity index (χ3v) is 5.96. The fraction of sp³-hybridized carbons (Fsp3) is 0.222. The number of ether oxygens (including phenoxy) is 1. The second kappa shape index (κ2) is 8.97. The van der Waals surface area contributed by atoms with E-state index >= 15 is 0 Å². The molecule has 0 aromatic heterocycles. The molecule has 0 aliphatic carbocycles. The number of ketones is 1. The molecular weight excluding hydrogens is 458 g/mol. The number of hydrogen-bond acceptors (Lipinski definition) is 5. The Morgan fingerprint density at radius 1 is 1.15 bits per heavy atom. The predicted octanol–water partition coefficient (Wildman–Crippen LogP) is 3.83. The molecule has 6 nitrogen and oxygen atoms in total. The van der Waals surface area contributed by atoms with Gasteiger partial charge in [-0.1, -0.05) is 11.6 Å². The molecule has 0 aliphatic heterocycles. The van der Waals surface area contributed by atoms with Gasteiger partial charge in [0.25, 0.3) is 0 Å².